The van der Waals surface area contributed by atoms with Gasteiger partial charge in [0.15, 0.2) is 24.5 Å². The van der Waals surface area contributed by atoms with Crippen molar-refractivity contribution in [2.75, 3.05) is 19.8 Å². The van der Waals surface area contributed by atoms with Crippen LogP contribution in [0.25, 0.3) is 0 Å². The first kappa shape index (κ1) is 43.0. The molecule has 6 atom stereocenters. The molecule has 4 rings (SSSR count). The van der Waals surface area contributed by atoms with Crippen molar-refractivity contribution in [1.29, 1.82) is 0 Å². The first-order valence-corrected chi connectivity index (χ1v) is 18.0. The van der Waals surface area contributed by atoms with Gasteiger partial charge in [0.1, 0.15) is 32.0 Å². The summed E-state index contributed by atoms with van der Waals surface area (Å²) in [5.41, 5.74) is 2.51. The highest BCUT2D eigenvalue weighted by Gasteiger charge is 2.52. The molecule has 0 unspecified atom stereocenters. The van der Waals surface area contributed by atoms with Gasteiger partial charge in [0.05, 0.1) is 12.3 Å². The highest BCUT2D eigenvalue weighted by molar-refractivity contribution is 6.67. The molecule has 0 radical (unpaired) electrons. The van der Waals surface area contributed by atoms with Gasteiger partial charge in [0.2, 0.25) is 3.79 Å². The van der Waals surface area contributed by atoms with Gasteiger partial charge in [-0.3, -0.25) is 19.4 Å². The topological polar surface area (TPSA) is 174 Å². The lowest BCUT2D eigenvalue weighted by Gasteiger charge is -2.44. The Morgan fingerprint density at radius 2 is 1.29 bits per heavy atom. The number of alkyl carbamates (subject to hydrolysis) is 1. The minimum absolute atomic E-state index is 0.0834. The van der Waals surface area contributed by atoms with Gasteiger partial charge in [-0.05, 0) is 5.56 Å². The molecule has 1 aliphatic heterocycles. The van der Waals surface area contributed by atoms with E-state index in [1.54, 1.807) is 24.3 Å². The number of benzene rings is 3. The van der Waals surface area contributed by atoms with Gasteiger partial charge < -0.3 is 38.5 Å². The second-order valence-electron chi connectivity index (χ2n) is 12.0. The van der Waals surface area contributed by atoms with E-state index in [0.717, 1.165) is 20.8 Å². The van der Waals surface area contributed by atoms with E-state index in [1.165, 1.54) is 0 Å². The van der Waals surface area contributed by atoms with Crippen molar-refractivity contribution in [2.45, 2.75) is 67.9 Å². The maximum absolute atomic E-state index is 13.9. The summed E-state index contributed by atoms with van der Waals surface area (Å²) in [6.07, 6.45) is -7.07. The minimum Gasteiger partial charge on any atom is -0.463 e. The van der Waals surface area contributed by atoms with Gasteiger partial charge >= 0.3 is 30.0 Å². The number of hydrogen-bond donors (Lipinski definition) is 1. The molecule has 0 aliphatic carbocycles. The molecule has 14 nitrogen and oxygen atoms in total. The van der Waals surface area contributed by atoms with E-state index in [9.17, 15) is 24.0 Å². The number of hydrogen-bond acceptors (Lipinski definition) is 13. The van der Waals surface area contributed by atoms with Crippen LogP contribution in [0, 0.1) is 0 Å². The quantitative estimate of drug-likeness (QED) is 0.0912. The standard InChI is InChI=1S/C38H39Cl3N2O12/c1-23(44)49-21-30-33(53-24(2)45)34(54-25(3)46)32(43-37(48)52-22-38(39,40)41)36(55-30)51-20-29(35(47)50-19-26-13-7-4-8-14-26)42-31(27-15-9-5-10-16-27)28-17-11-6-12-18-28/h4-18,29-30,32-34,36H,19-22H2,1-3H3,(H,43,48)/t29-,30+,32+,33+,34+,36+/m0/s1. The Morgan fingerprint density at radius 3 is 1.82 bits per heavy atom. The Bertz CT molecular complexity index is 1740. The second kappa shape index (κ2) is 20.8. The van der Waals surface area contributed by atoms with Crippen molar-refractivity contribution in [3.05, 3.63) is 108 Å². The highest BCUT2D eigenvalue weighted by Crippen LogP contribution is 2.30. The van der Waals surface area contributed by atoms with Crippen LogP contribution < -0.4 is 5.32 Å². The third kappa shape index (κ3) is 14.1. The molecule has 0 aromatic heterocycles. The molecule has 0 bridgehead atoms. The first-order chi connectivity index (χ1) is 26.2. The summed E-state index contributed by atoms with van der Waals surface area (Å²) >= 11 is 17.3. The summed E-state index contributed by atoms with van der Waals surface area (Å²) in [4.78, 5) is 68.3. The smallest absolute Gasteiger partial charge is 0.407 e. The summed E-state index contributed by atoms with van der Waals surface area (Å²) in [5, 5.41) is 2.46. The number of nitrogens with one attached hydrogen (secondary N) is 1. The molecule has 1 fully saturated rings. The van der Waals surface area contributed by atoms with Crippen molar-refractivity contribution in [2.24, 2.45) is 4.99 Å². The Kier molecular flexibility index (Phi) is 16.3. The zero-order chi connectivity index (χ0) is 40.0. The fourth-order valence-electron chi connectivity index (χ4n) is 5.36. The Balaban J connectivity index is 1.76. The molecule has 294 valence electrons. The molecule has 1 N–H and O–H groups in total. The van der Waals surface area contributed by atoms with E-state index in [1.807, 2.05) is 66.7 Å². The van der Waals surface area contributed by atoms with Crippen LogP contribution in [0.2, 0.25) is 0 Å². The Labute approximate surface area is 332 Å². The molecule has 0 spiro atoms. The molecule has 55 heavy (non-hydrogen) atoms. The van der Waals surface area contributed by atoms with E-state index in [2.05, 4.69) is 5.32 Å². The molecule has 17 heteroatoms. The van der Waals surface area contributed by atoms with Crippen molar-refractivity contribution in [3.8, 4) is 0 Å². The van der Waals surface area contributed by atoms with Crippen LogP contribution >= 0.6 is 34.8 Å². The number of alkyl halides is 3. The van der Waals surface area contributed by atoms with Crippen LogP contribution in [-0.4, -0.2) is 96.0 Å². The van der Waals surface area contributed by atoms with Crippen LogP contribution in [0.15, 0.2) is 96.0 Å². The summed E-state index contributed by atoms with van der Waals surface area (Å²) < 4.78 is 37.3. The predicted molar refractivity (Wildman–Crippen MR) is 199 cm³/mol. The second-order valence-corrected chi connectivity index (χ2v) is 14.5. The average Bonchev–Trinajstić information content (AvgIpc) is 3.14. The number of aliphatic imine (C=N–C) groups is 1. The molecule has 1 amide bonds. The minimum atomic E-state index is -1.98. The molecular formula is C38H39Cl3N2O12. The van der Waals surface area contributed by atoms with E-state index in [0.29, 0.717) is 22.4 Å². The summed E-state index contributed by atoms with van der Waals surface area (Å²) in [7, 11) is 0. The summed E-state index contributed by atoms with van der Waals surface area (Å²) in [6.45, 7) is 1.52. The zero-order valence-corrected chi connectivity index (χ0v) is 32.2. The molecule has 1 heterocycles. The maximum atomic E-state index is 13.9. The third-order valence-corrected chi connectivity index (χ3v) is 7.97. The van der Waals surface area contributed by atoms with Gasteiger partial charge in [-0.2, -0.15) is 0 Å². The monoisotopic (exact) mass is 820 g/mol. The number of nitrogens with zero attached hydrogens (tertiary/aromatic N) is 1. The lowest BCUT2D eigenvalue weighted by molar-refractivity contribution is -0.278. The molecular weight excluding hydrogens is 783 g/mol. The van der Waals surface area contributed by atoms with E-state index >= 15 is 0 Å². The lowest BCUT2D eigenvalue weighted by Crippen LogP contribution is -2.67. The van der Waals surface area contributed by atoms with Gasteiger partial charge in [0.25, 0.3) is 0 Å². The van der Waals surface area contributed by atoms with Crippen molar-refractivity contribution >= 4 is 70.5 Å². The Morgan fingerprint density at radius 1 is 0.745 bits per heavy atom. The van der Waals surface area contributed by atoms with Crippen molar-refractivity contribution in [1.82, 2.24) is 5.32 Å². The third-order valence-electron chi connectivity index (χ3n) is 7.65. The van der Waals surface area contributed by atoms with Crippen LogP contribution in [0.3, 0.4) is 0 Å². The lowest BCUT2D eigenvalue weighted by atomic mass is 9.96. The van der Waals surface area contributed by atoms with Crippen LogP contribution in [0.4, 0.5) is 4.79 Å². The van der Waals surface area contributed by atoms with E-state index < -0.39 is 90.3 Å². The van der Waals surface area contributed by atoms with E-state index in [4.69, 9.17) is 73.0 Å². The van der Waals surface area contributed by atoms with Gasteiger partial charge in [0, 0.05) is 31.9 Å². The molecule has 1 aliphatic rings. The normalized spacial score (nSPS) is 19.9. The van der Waals surface area contributed by atoms with Gasteiger partial charge in [-0.25, -0.2) is 9.59 Å². The van der Waals surface area contributed by atoms with Crippen molar-refractivity contribution < 1.29 is 57.1 Å². The maximum Gasteiger partial charge on any atom is 0.407 e. The summed E-state index contributed by atoms with van der Waals surface area (Å²) in [6, 6.07) is 24.4. The van der Waals surface area contributed by atoms with Crippen LogP contribution in [0.5, 0.6) is 0 Å². The fraction of sp³-hybridized carbons (Fsp3) is 0.368. The molecule has 1 saturated heterocycles. The summed E-state index contributed by atoms with van der Waals surface area (Å²) in [5.74, 6) is -3.15. The first-order valence-electron chi connectivity index (χ1n) is 16.8. The largest absolute Gasteiger partial charge is 0.463 e. The number of amides is 1. The number of esters is 4. The van der Waals surface area contributed by atoms with Crippen molar-refractivity contribution in [3.63, 3.8) is 0 Å². The molecule has 3 aromatic rings. The number of carbonyl (C=O) groups is 5. The number of halogens is 3. The molecule has 3 aromatic carbocycles. The number of carbonyl (C=O) groups excluding carboxylic acids is 5. The highest BCUT2D eigenvalue weighted by atomic mass is 35.6. The number of rotatable bonds is 15. The molecule has 0 saturated carbocycles. The van der Waals surface area contributed by atoms with E-state index in [-0.39, 0.29) is 6.61 Å². The SMILES string of the molecule is CC(=O)OC[C@H]1O[C@@H](OC[C@H](N=C(c2ccccc2)c2ccccc2)C(=O)OCc2ccccc2)[C@H](NC(=O)OCC(Cl)(Cl)Cl)[C@@H](OC(C)=O)[C@@H]1OC(C)=O. The van der Waals surface area contributed by atoms with Crippen LogP contribution in [-0.2, 0) is 58.9 Å². The average molecular weight is 822 g/mol. The van der Waals surface area contributed by atoms with Gasteiger partial charge in [-0.15, -0.1) is 0 Å². The zero-order valence-electron chi connectivity index (χ0n) is 29.9. The fourth-order valence-corrected chi connectivity index (χ4v) is 5.52. The Hall–Kier alpha value is -4.73. The van der Waals surface area contributed by atoms with Crippen LogP contribution in [0.1, 0.15) is 37.5 Å². The van der Waals surface area contributed by atoms with Gasteiger partial charge in [-0.1, -0.05) is 126 Å². The number of ether oxygens (including phenoxy) is 7. The predicted octanol–water partition coefficient (Wildman–Crippen LogP) is 5.27.